The first kappa shape index (κ1) is 20.7. The maximum absolute atomic E-state index is 13.1. The van der Waals surface area contributed by atoms with E-state index >= 15 is 0 Å². The highest BCUT2D eigenvalue weighted by Crippen LogP contribution is 2.43. The van der Waals surface area contributed by atoms with Crippen molar-refractivity contribution in [1.82, 2.24) is 0 Å². The van der Waals surface area contributed by atoms with Gasteiger partial charge in [-0.2, -0.15) is 0 Å². The van der Waals surface area contributed by atoms with Crippen molar-refractivity contribution < 1.29 is 19.8 Å². The van der Waals surface area contributed by atoms with Gasteiger partial charge in [0, 0.05) is 16.3 Å². The zero-order chi connectivity index (χ0) is 22.3. The summed E-state index contributed by atoms with van der Waals surface area (Å²) in [6, 6.07) is 17.5. The summed E-state index contributed by atoms with van der Waals surface area (Å²) in [5.74, 6) is -1.81. The maximum Gasteiger partial charge on any atom is 0.300 e. The minimum absolute atomic E-state index is 0.00840. The van der Waals surface area contributed by atoms with Gasteiger partial charge in [-0.15, -0.1) is 0 Å². The van der Waals surface area contributed by atoms with Crippen LogP contribution in [0.4, 0.5) is 5.69 Å². The summed E-state index contributed by atoms with van der Waals surface area (Å²) in [4.78, 5) is 27.6. The summed E-state index contributed by atoms with van der Waals surface area (Å²) in [7, 11) is 0. The lowest BCUT2D eigenvalue weighted by molar-refractivity contribution is -0.132. The zero-order valence-electron chi connectivity index (χ0n) is 17.0. The van der Waals surface area contributed by atoms with Gasteiger partial charge >= 0.3 is 0 Å². The second-order valence-electron chi connectivity index (χ2n) is 7.56. The van der Waals surface area contributed by atoms with Gasteiger partial charge in [-0.3, -0.25) is 14.5 Å². The van der Waals surface area contributed by atoms with Crippen molar-refractivity contribution in [3.63, 3.8) is 0 Å². The molecular formula is C25H20ClNO4. The van der Waals surface area contributed by atoms with Crippen LogP contribution in [0.5, 0.6) is 5.75 Å². The van der Waals surface area contributed by atoms with Crippen molar-refractivity contribution >= 4 is 34.7 Å². The van der Waals surface area contributed by atoms with Gasteiger partial charge in [0.15, 0.2) is 0 Å². The van der Waals surface area contributed by atoms with Crippen molar-refractivity contribution in [3.8, 4) is 5.75 Å². The summed E-state index contributed by atoms with van der Waals surface area (Å²) in [6.07, 6.45) is 0. The van der Waals surface area contributed by atoms with E-state index in [-0.39, 0.29) is 17.1 Å². The van der Waals surface area contributed by atoms with Crippen LogP contribution in [-0.4, -0.2) is 21.9 Å². The molecular weight excluding hydrogens is 414 g/mol. The van der Waals surface area contributed by atoms with Crippen LogP contribution in [0.3, 0.4) is 0 Å². The van der Waals surface area contributed by atoms with E-state index in [0.717, 1.165) is 11.1 Å². The number of ketones is 1. The lowest BCUT2D eigenvalue weighted by Crippen LogP contribution is -2.29. The third kappa shape index (κ3) is 3.68. The number of aliphatic hydroxyl groups is 1. The molecule has 6 heteroatoms. The van der Waals surface area contributed by atoms with Crippen LogP contribution in [0.2, 0.25) is 5.02 Å². The molecule has 1 unspecified atom stereocenters. The van der Waals surface area contributed by atoms with Crippen molar-refractivity contribution in [3.05, 3.63) is 99.6 Å². The quantitative estimate of drug-likeness (QED) is 0.334. The highest BCUT2D eigenvalue weighted by molar-refractivity contribution is 6.51. The molecule has 1 fully saturated rings. The Bertz CT molecular complexity index is 1230. The monoisotopic (exact) mass is 433 g/mol. The molecule has 1 atom stereocenters. The number of halogens is 1. The highest BCUT2D eigenvalue weighted by Gasteiger charge is 2.47. The van der Waals surface area contributed by atoms with Crippen LogP contribution < -0.4 is 4.90 Å². The van der Waals surface area contributed by atoms with Crippen LogP contribution in [0, 0.1) is 13.8 Å². The second-order valence-corrected chi connectivity index (χ2v) is 8.00. The van der Waals surface area contributed by atoms with Crippen LogP contribution in [0.15, 0.2) is 72.3 Å². The van der Waals surface area contributed by atoms with Gasteiger partial charge in [-0.25, -0.2) is 0 Å². The number of Topliss-reactive ketones (excluding diaryl/α,β-unsaturated/α-hetero) is 1. The summed E-state index contributed by atoms with van der Waals surface area (Å²) in [5.41, 5.74) is 3.10. The Balaban J connectivity index is 1.99. The number of amides is 1. The van der Waals surface area contributed by atoms with Crippen molar-refractivity contribution in [2.45, 2.75) is 19.9 Å². The molecule has 0 saturated carbocycles. The number of aliphatic hydroxyl groups excluding tert-OH is 1. The third-order valence-corrected chi connectivity index (χ3v) is 5.64. The number of benzene rings is 3. The number of hydrogen-bond acceptors (Lipinski definition) is 4. The molecule has 1 saturated heterocycles. The van der Waals surface area contributed by atoms with Crippen LogP contribution in [-0.2, 0) is 9.59 Å². The Morgan fingerprint density at radius 2 is 1.68 bits per heavy atom. The van der Waals surface area contributed by atoms with Gasteiger partial charge in [-0.1, -0.05) is 41.4 Å². The van der Waals surface area contributed by atoms with E-state index in [9.17, 15) is 19.8 Å². The first-order valence-electron chi connectivity index (χ1n) is 9.71. The molecule has 5 nitrogen and oxygen atoms in total. The van der Waals surface area contributed by atoms with E-state index < -0.39 is 17.7 Å². The van der Waals surface area contributed by atoms with E-state index in [1.54, 1.807) is 42.5 Å². The average Bonchev–Trinajstić information content (AvgIpc) is 3.01. The highest BCUT2D eigenvalue weighted by atomic mass is 35.5. The molecule has 1 amide bonds. The number of carbonyl (C=O) groups is 2. The lowest BCUT2D eigenvalue weighted by Gasteiger charge is -2.25. The second kappa shape index (κ2) is 7.93. The largest absolute Gasteiger partial charge is 0.508 e. The average molecular weight is 434 g/mol. The maximum atomic E-state index is 13.1. The minimum atomic E-state index is -0.909. The molecule has 31 heavy (non-hydrogen) atoms. The molecule has 0 aliphatic carbocycles. The number of aryl methyl sites for hydroxylation is 2. The molecule has 1 aliphatic heterocycles. The molecule has 0 spiro atoms. The summed E-state index contributed by atoms with van der Waals surface area (Å²) in [5, 5.41) is 21.7. The predicted octanol–water partition coefficient (Wildman–Crippen LogP) is 5.29. The normalized spacial score (nSPS) is 17.9. The number of phenolic OH excluding ortho intramolecular Hbond substituents is 1. The van der Waals surface area contributed by atoms with Gasteiger partial charge in [0.25, 0.3) is 11.7 Å². The van der Waals surface area contributed by atoms with Crippen LogP contribution in [0.25, 0.3) is 5.76 Å². The van der Waals surface area contributed by atoms with Gasteiger partial charge in [0.2, 0.25) is 0 Å². The fourth-order valence-corrected chi connectivity index (χ4v) is 3.97. The Morgan fingerprint density at radius 1 is 0.968 bits per heavy atom. The number of rotatable bonds is 3. The Kier molecular flexibility index (Phi) is 5.29. The molecule has 2 N–H and O–H groups in total. The Morgan fingerprint density at radius 3 is 2.35 bits per heavy atom. The zero-order valence-corrected chi connectivity index (χ0v) is 17.7. The number of anilines is 1. The molecule has 1 heterocycles. The van der Waals surface area contributed by atoms with Crippen molar-refractivity contribution in [2.24, 2.45) is 0 Å². The number of hydrogen-bond donors (Lipinski definition) is 2. The number of phenols is 1. The van der Waals surface area contributed by atoms with E-state index in [1.165, 1.54) is 17.0 Å². The molecule has 0 aromatic heterocycles. The van der Waals surface area contributed by atoms with E-state index in [0.29, 0.717) is 21.8 Å². The van der Waals surface area contributed by atoms with Gasteiger partial charge in [0.1, 0.15) is 11.5 Å². The Hall–Kier alpha value is -3.57. The third-order valence-electron chi connectivity index (χ3n) is 5.38. The first-order valence-corrected chi connectivity index (χ1v) is 10.1. The summed E-state index contributed by atoms with van der Waals surface area (Å²) >= 11 is 6.00. The number of aromatic hydroxyl groups is 1. The fourth-order valence-electron chi connectivity index (χ4n) is 3.85. The van der Waals surface area contributed by atoms with Crippen LogP contribution in [0.1, 0.15) is 28.3 Å². The Labute approximate surface area is 184 Å². The summed E-state index contributed by atoms with van der Waals surface area (Å²) in [6.45, 7) is 3.71. The van der Waals surface area contributed by atoms with Crippen LogP contribution >= 0.6 is 11.6 Å². The van der Waals surface area contributed by atoms with E-state index in [4.69, 9.17) is 11.6 Å². The van der Waals surface area contributed by atoms with E-state index in [2.05, 4.69) is 0 Å². The van der Waals surface area contributed by atoms with Gasteiger partial charge in [-0.05, 0) is 67.4 Å². The SMILES string of the molecule is Cc1ccc(C)c(/C(O)=C2\C(=O)C(=O)N(c3ccc(Cl)cc3)C2c2cccc(O)c2)c1. The molecule has 3 aromatic rings. The first-order chi connectivity index (χ1) is 14.8. The summed E-state index contributed by atoms with van der Waals surface area (Å²) < 4.78 is 0. The van der Waals surface area contributed by atoms with Crippen molar-refractivity contribution in [2.75, 3.05) is 4.90 Å². The van der Waals surface area contributed by atoms with E-state index in [1.807, 2.05) is 26.0 Å². The standard InChI is InChI=1S/C25H20ClNO4/c1-14-6-7-15(2)20(12-14)23(29)21-22(16-4-3-5-19(28)13-16)27(25(31)24(21)30)18-10-8-17(26)9-11-18/h3-13,22,28-29H,1-2H3/b23-21+. The number of carbonyl (C=O) groups excluding carboxylic acids is 2. The number of nitrogens with zero attached hydrogens (tertiary/aromatic N) is 1. The minimum Gasteiger partial charge on any atom is -0.508 e. The lowest BCUT2D eigenvalue weighted by atomic mass is 9.93. The predicted molar refractivity (Wildman–Crippen MR) is 120 cm³/mol. The van der Waals surface area contributed by atoms with Crippen molar-refractivity contribution in [1.29, 1.82) is 0 Å². The smallest absolute Gasteiger partial charge is 0.300 e. The molecule has 3 aromatic carbocycles. The van der Waals surface area contributed by atoms with Gasteiger partial charge in [0.05, 0.1) is 11.6 Å². The topological polar surface area (TPSA) is 77.8 Å². The molecule has 0 bridgehead atoms. The fraction of sp³-hybridized carbons (Fsp3) is 0.120. The molecule has 156 valence electrons. The molecule has 0 radical (unpaired) electrons. The molecule has 4 rings (SSSR count). The molecule has 1 aliphatic rings. The van der Waals surface area contributed by atoms with Gasteiger partial charge < -0.3 is 10.2 Å².